The number of fused-ring (bicyclic) bond motifs is 1. The molecule has 3 aromatic rings. The maximum atomic E-state index is 13.6. The Morgan fingerprint density at radius 1 is 1.13 bits per heavy atom. The standard InChI is InChI=1S/C25H24N2O4/c1-30-18-7-4-6-16(14-18)23-22(24(28)26-15-19-8-5-13-31-19)20-9-2-3-10-21(20)25(29)27(23)17-11-12-17/h2-10,13-14,17,22-23H,11-12,15H2,1H3,(H,26,28). The minimum Gasteiger partial charge on any atom is -0.497 e. The molecule has 6 heteroatoms. The number of ether oxygens (including phenoxy) is 1. The van der Waals surface area contributed by atoms with Crippen LogP contribution in [0.4, 0.5) is 0 Å². The number of methoxy groups -OCH3 is 1. The highest BCUT2D eigenvalue weighted by Gasteiger charge is 2.49. The fourth-order valence-corrected chi connectivity index (χ4v) is 4.47. The van der Waals surface area contributed by atoms with E-state index in [-0.39, 0.29) is 17.9 Å². The fourth-order valence-electron chi connectivity index (χ4n) is 4.47. The first-order valence-corrected chi connectivity index (χ1v) is 10.5. The van der Waals surface area contributed by atoms with Gasteiger partial charge in [-0.1, -0.05) is 30.3 Å². The van der Waals surface area contributed by atoms with E-state index >= 15 is 0 Å². The van der Waals surface area contributed by atoms with Gasteiger partial charge in [0.25, 0.3) is 5.91 Å². The summed E-state index contributed by atoms with van der Waals surface area (Å²) in [6, 6.07) is 18.5. The molecular weight excluding hydrogens is 392 g/mol. The van der Waals surface area contributed by atoms with E-state index in [1.165, 1.54) is 0 Å². The van der Waals surface area contributed by atoms with Crippen LogP contribution < -0.4 is 10.1 Å². The number of nitrogens with one attached hydrogen (secondary N) is 1. The third kappa shape index (κ3) is 3.58. The summed E-state index contributed by atoms with van der Waals surface area (Å²) in [4.78, 5) is 29.0. The molecule has 1 saturated carbocycles. The van der Waals surface area contributed by atoms with Crippen molar-refractivity contribution >= 4 is 11.8 Å². The average molecular weight is 416 g/mol. The van der Waals surface area contributed by atoms with Gasteiger partial charge in [0.2, 0.25) is 5.91 Å². The number of amides is 2. The van der Waals surface area contributed by atoms with Crippen molar-refractivity contribution in [1.29, 1.82) is 0 Å². The highest BCUT2D eigenvalue weighted by molar-refractivity contribution is 6.01. The highest BCUT2D eigenvalue weighted by atomic mass is 16.5. The van der Waals surface area contributed by atoms with Crippen LogP contribution >= 0.6 is 0 Å². The van der Waals surface area contributed by atoms with Crippen LogP contribution in [0.2, 0.25) is 0 Å². The molecule has 0 saturated heterocycles. The Morgan fingerprint density at radius 3 is 2.71 bits per heavy atom. The van der Waals surface area contributed by atoms with E-state index in [0.29, 0.717) is 23.6 Å². The molecule has 0 spiro atoms. The van der Waals surface area contributed by atoms with Gasteiger partial charge in [0.05, 0.1) is 31.9 Å². The van der Waals surface area contributed by atoms with E-state index in [4.69, 9.17) is 9.15 Å². The van der Waals surface area contributed by atoms with Gasteiger partial charge in [0, 0.05) is 11.6 Å². The summed E-state index contributed by atoms with van der Waals surface area (Å²) in [6.45, 7) is 0.298. The summed E-state index contributed by atoms with van der Waals surface area (Å²) in [7, 11) is 1.62. The minimum atomic E-state index is -0.531. The fraction of sp³-hybridized carbons (Fsp3) is 0.280. The van der Waals surface area contributed by atoms with Gasteiger partial charge in [-0.15, -0.1) is 0 Å². The van der Waals surface area contributed by atoms with Crippen molar-refractivity contribution in [1.82, 2.24) is 10.2 Å². The van der Waals surface area contributed by atoms with Crippen LogP contribution in [0, 0.1) is 0 Å². The van der Waals surface area contributed by atoms with Crippen LogP contribution in [0.15, 0.2) is 71.3 Å². The third-order valence-electron chi connectivity index (χ3n) is 6.05. The molecular formula is C25H24N2O4. The van der Waals surface area contributed by atoms with Gasteiger partial charge in [0.15, 0.2) is 0 Å². The monoisotopic (exact) mass is 416 g/mol. The molecule has 1 aliphatic carbocycles. The van der Waals surface area contributed by atoms with Crippen molar-refractivity contribution < 1.29 is 18.7 Å². The number of rotatable bonds is 6. The zero-order chi connectivity index (χ0) is 21.4. The minimum absolute atomic E-state index is 0.0130. The molecule has 31 heavy (non-hydrogen) atoms. The molecule has 0 bridgehead atoms. The van der Waals surface area contributed by atoms with E-state index in [1.807, 2.05) is 59.5 Å². The molecule has 1 aliphatic heterocycles. The average Bonchev–Trinajstić information content (AvgIpc) is 3.51. The van der Waals surface area contributed by atoms with Gasteiger partial charge < -0.3 is 19.4 Å². The van der Waals surface area contributed by atoms with Gasteiger partial charge in [-0.2, -0.15) is 0 Å². The van der Waals surface area contributed by atoms with Gasteiger partial charge >= 0.3 is 0 Å². The Bertz CT molecular complexity index is 1100. The van der Waals surface area contributed by atoms with Gasteiger partial charge in [-0.25, -0.2) is 0 Å². The predicted octanol–water partition coefficient (Wildman–Crippen LogP) is 4.05. The Kier molecular flexibility index (Phi) is 4.98. The first-order valence-electron chi connectivity index (χ1n) is 10.5. The number of benzene rings is 2. The highest BCUT2D eigenvalue weighted by Crippen LogP contribution is 2.48. The summed E-state index contributed by atoms with van der Waals surface area (Å²) in [5, 5.41) is 3.02. The maximum absolute atomic E-state index is 13.6. The zero-order valence-electron chi connectivity index (χ0n) is 17.3. The largest absolute Gasteiger partial charge is 0.497 e. The second kappa shape index (κ2) is 7.95. The molecule has 0 radical (unpaired) electrons. The SMILES string of the molecule is COc1cccc(C2C(C(=O)NCc3ccco3)c3ccccc3C(=O)N2C2CC2)c1. The van der Waals surface area contributed by atoms with Crippen molar-refractivity contribution in [2.45, 2.75) is 37.4 Å². The number of nitrogens with zero attached hydrogens (tertiary/aromatic N) is 1. The molecule has 2 heterocycles. The van der Waals surface area contributed by atoms with Gasteiger partial charge in [-0.05, 0) is 54.3 Å². The second-order valence-electron chi connectivity index (χ2n) is 8.03. The lowest BCUT2D eigenvalue weighted by atomic mass is 9.79. The predicted molar refractivity (Wildman–Crippen MR) is 115 cm³/mol. The lowest BCUT2D eigenvalue weighted by molar-refractivity contribution is -0.124. The van der Waals surface area contributed by atoms with E-state index in [1.54, 1.807) is 19.4 Å². The summed E-state index contributed by atoms with van der Waals surface area (Å²) in [6.07, 6.45) is 3.49. The van der Waals surface area contributed by atoms with Crippen LogP contribution in [0.3, 0.4) is 0 Å². The first kappa shape index (κ1) is 19.4. The van der Waals surface area contributed by atoms with Gasteiger partial charge in [-0.3, -0.25) is 9.59 Å². The van der Waals surface area contributed by atoms with E-state index in [0.717, 1.165) is 24.0 Å². The Hall–Kier alpha value is -3.54. The van der Waals surface area contributed by atoms with Crippen LogP contribution in [-0.4, -0.2) is 29.9 Å². The Labute approximate surface area is 180 Å². The number of furan rings is 1. The topological polar surface area (TPSA) is 71.8 Å². The molecule has 2 unspecified atom stereocenters. The van der Waals surface area contributed by atoms with E-state index < -0.39 is 12.0 Å². The molecule has 158 valence electrons. The smallest absolute Gasteiger partial charge is 0.254 e. The molecule has 1 fully saturated rings. The lowest BCUT2D eigenvalue weighted by Gasteiger charge is -2.42. The van der Waals surface area contributed by atoms with E-state index in [2.05, 4.69) is 5.32 Å². The number of carbonyl (C=O) groups is 2. The summed E-state index contributed by atoms with van der Waals surface area (Å²) < 4.78 is 10.8. The Morgan fingerprint density at radius 2 is 1.97 bits per heavy atom. The molecule has 2 amide bonds. The number of hydrogen-bond acceptors (Lipinski definition) is 4. The van der Waals surface area contributed by atoms with Crippen molar-refractivity contribution in [2.75, 3.05) is 7.11 Å². The van der Waals surface area contributed by atoms with Crippen LogP contribution in [0.25, 0.3) is 0 Å². The summed E-state index contributed by atoms with van der Waals surface area (Å²) in [5.74, 6) is 0.715. The van der Waals surface area contributed by atoms with Crippen molar-refractivity contribution in [2.24, 2.45) is 0 Å². The lowest BCUT2D eigenvalue weighted by Crippen LogP contribution is -2.48. The normalized spacial score (nSPS) is 20.3. The third-order valence-corrected chi connectivity index (χ3v) is 6.05. The molecule has 1 aromatic heterocycles. The molecule has 2 aliphatic rings. The molecule has 2 aromatic carbocycles. The quantitative estimate of drug-likeness (QED) is 0.658. The summed E-state index contributed by atoms with van der Waals surface area (Å²) in [5.41, 5.74) is 2.26. The molecule has 2 atom stereocenters. The first-order chi connectivity index (χ1) is 15.2. The Balaban J connectivity index is 1.59. The van der Waals surface area contributed by atoms with Crippen molar-refractivity contribution in [3.05, 3.63) is 89.4 Å². The van der Waals surface area contributed by atoms with Crippen LogP contribution in [0.5, 0.6) is 5.75 Å². The van der Waals surface area contributed by atoms with Crippen LogP contribution in [-0.2, 0) is 11.3 Å². The number of carbonyl (C=O) groups excluding carboxylic acids is 2. The second-order valence-corrected chi connectivity index (χ2v) is 8.03. The molecule has 1 N–H and O–H groups in total. The van der Waals surface area contributed by atoms with Crippen LogP contribution in [0.1, 0.15) is 52.0 Å². The maximum Gasteiger partial charge on any atom is 0.254 e. The zero-order valence-corrected chi connectivity index (χ0v) is 17.3. The number of hydrogen-bond donors (Lipinski definition) is 1. The van der Waals surface area contributed by atoms with Crippen molar-refractivity contribution in [3.8, 4) is 5.75 Å². The van der Waals surface area contributed by atoms with E-state index in [9.17, 15) is 9.59 Å². The summed E-state index contributed by atoms with van der Waals surface area (Å²) >= 11 is 0. The molecule has 5 rings (SSSR count). The van der Waals surface area contributed by atoms with Gasteiger partial charge in [0.1, 0.15) is 11.5 Å². The molecule has 6 nitrogen and oxygen atoms in total. The van der Waals surface area contributed by atoms with Crippen molar-refractivity contribution in [3.63, 3.8) is 0 Å².